The zero-order chi connectivity index (χ0) is 19.5. The Balaban J connectivity index is 1.49. The molecule has 1 N–H and O–H groups in total. The number of benzene rings is 1. The molecule has 2 aromatic heterocycles. The molecule has 0 spiro atoms. The second kappa shape index (κ2) is 8.15. The molecule has 7 nitrogen and oxygen atoms in total. The Kier molecular flexibility index (Phi) is 5.44. The summed E-state index contributed by atoms with van der Waals surface area (Å²) in [5.74, 6) is 2.25. The number of oxazole rings is 1. The van der Waals surface area contributed by atoms with Crippen LogP contribution in [0.2, 0.25) is 10.0 Å². The van der Waals surface area contributed by atoms with E-state index < -0.39 is 0 Å². The van der Waals surface area contributed by atoms with Crippen molar-refractivity contribution >= 4 is 29.1 Å². The molecule has 0 aliphatic carbocycles. The summed E-state index contributed by atoms with van der Waals surface area (Å²) in [5, 5.41) is 13.6. The predicted octanol–water partition coefficient (Wildman–Crippen LogP) is 4.10. The Labute approximate surface area is 171 Å². The first-order valence-corrected chi connectivity index (χ1v) is 9.43. The van der Waals surface area contributed by atoms with Crippen molar-refractivity contribution in [2.24, 2.45) is 0 Å². The number of nitrogens with zero attached hydrogens (tertiary/aromatic N) is 3. The van der Waals surface area contributed by atoms with Gasteiger partial charge in [0.05, 0.1) is 5.02 Å². The molecule has 0 atom stereocenters. The van der Waals surface area contributed by atoms with Gasteiger partial charge in [0.25, 0.3) is 5.89 Å². The average molecular weight is 419 g/mol. The minimum atomic E-state index is 0.178. The molecule has 9 heteroatoms. The van der Waals surface area contributed by atoms with Crippen molar-refractivity contribution in [3.63, 3.8) is 0 Å². The maximum atomic E-state index is 9.38. The first-order valence-electron chi connectivity index (χ1n) is 8.67. The molecule has 28 heavy (non-hydrogen) atoms. The van der Waals surface area contributed by atoms with Gasteiger partial charge in [-0.3, -0.25) is 0 Å². The van der Waals surface area contributed by atoms with Gasteiger partial charge in [0, 0.05) is 31.2 Å². The monoisotopic (exact) mass is 418 g/mol. The van der Waals surface area contributed by atoms with Gasteiger partial charge in [0.15, 0.2) is 5.76 Å². The molecule has 0 radical (unpaired) electrons. The topological polar surface area (TPSA) is 87.5 Å². The van der Waals surface area contributed by atoms with E-state index in [-0.39, 0.29) is 18.2 Å². The summed E-state index contributed by atoms with van der Waals surface area (Å²) in [6.07, 6.45) is 0. The van der Waals surface area contributed by atoms with E-state index in [9.17, 15) is 5.26 Å². The van der Waals surface area contributed by atoms with E-state index in [0.717, 1.165) is 26.2 Å². The van der Waals surface area contributed by atoms with Gasteiger partial charge in [-0.25, -0.2) is 0 Å². The lowest BCUT2D eigenvalue weighted by molar-refractivity contribution is 0.271. The largest absolute Gasteiger partial charge is 0.484 e. The molecular weight excluding hydrogens is 403 g/mol. The number of ether oxygens (including phenoxy) is 1. The van der Waals surface area contributed by atoms with Crippen LogP contribution in [0, 0.1) is 11.3 Å². The molecule has 3 heterocycles. The van der Waals surface area contributed by atoms with Crippen LogP contribution in [0.25, 0.3) is 11.7 Å². The third-order valence-corrected chi connectivity index (χ3v) is 4.79. The minimum Gasteiger partial charge on any atom is -0.484 e. The zero-order valence-corrected chi connectivity index (χ0v) is 16.3. The third kappa shape index (κ3) is 3.94. The van der Waals surface area contributed by atoms with Gasteiger partial charge in [-0.2, -0.15) is 10.2 Å². The number of piperazine rings is 1. The van der Waals surface area contributed by atoms with E-state index in [2.05, 4.69) is 16.4 Å². The standard InChI is InChI=1S/C19H16Cl2N4O3/c20-12-1-3-16(14(21)9-12)26-11-13-2-4-17(27-13)18-24-15(10-22)19(28-18)25-7-5-23-6-8-25/h1-4,9,23H,5-8,11H2. The summed E-state index contributed by atoms with van der Waals surface area (Å²) in [6, 6.07) is 10.6. The highest BCUT2D eigenvalue weighted by Gasteiger charge is 2.23. The number of halogens is 2. The Bertz CT molecular complexity index is 1020. The summed E-state index contributed by atoms with van der Waals surface area (Å²) in [7, 11) is 0. The number of anilines is 1. The molecule has 3 aromatic rings. The van der Waals surface area contributed by atoms with E-state index in [1.807, 2.05) is 4.90 Å². The van der Waals surface area contributed by atoms with Crippen LogP contribution in [0.5, 0.6) is 5.75 Å². The third-order valence-electron chi connectivity index (χ3n) is 4.26. The molecule has 0 unspecified atom stereocenters. The van der Waals surface area contributed by atoms with E-state index in [1.54, 1.807) is 30.3 Å². The Morgan fingerprint density at radius 2 is 2.00 bits per heavy atom. The van der Waals surface area contributed by atoms with Crippen molar-refractivity contribution < 1.29 is 13.6 Å². The van der Waals surface area contributed by atoms with E-state index in [0.29, 0.717) is 33.2 Å². The quantitative estimate of drug-likeness (QED) is 0.666. The van der Waals surface area contributed by atoms with Crippen molar-refractivity contribution in [2.45, 2.75) is 6.61 Å². The van der Waals surface area contributed by atoms with Crippen molar-refractivity contribution in [3.05, 3.63) is 51.8 Å². The molecule has 0 bridgehead atoms. The van der Waals surface area contributed by atoms with Crippen LogP contribution in [-0.4, -0.2) is 31.2 Å². The summed E-state index contributed by atoms with van der Waals surface area (Å²) >= 11 is 12.0. The van der Waals surface area contributed by atoms with Crippen LogP contribution in [-0.2, 0) is 6.61 Å². The minimum absolute atomic E-state index is 0.178. The lowest BCUT2D eigenvalue weighted by Gasteiger charge is -2.26. The molecular formula is C19H16Cl2N4O3. The highest BCUT2D eigenvalue weighted by molar-refractivity contribution is 6.35. The smallest absolute Gasteiger partial charge is 0.266 e. The van der Waals surface area contributed by atoms with Crippen LogP contribution < -0.4 is 15.0 Å². The van der Waals surface area contributed by atoms with Crippen molar-refractivity contribution in [1.82, 2.24) is 10.3 Å². The maximum Gasteiger partial charge on any atom is 0.266 e. The first kappa shape index (κ1) is 18.7. The van der Waals surface area contributed by atoms with Gasteiger partial charge in [-0.05, 0) is 30.3 Å². The zero-order valence-electron chi connectivity index (χ0n) is 14.7. The fourth-order valence-corrected chi connectivity index (χ4v) is 3.35. The fourth-order valence-electron chi connectivity index (χ4n) is 2.88. The molecule has 4 rings (SSSR count). The SMILES string of the molecule is N#Cc1nc(-c2ccc(COc3ccc(Cl)cc3Cl)o2)oc1N1CCNCC1. The molecule has 144 valence electrons. The van der Waals surface area contributed by atoms with E-state index >= 15 is 0 Å². The number of nitriles is 1. The Morgan fingerprint density at radius 1 is 1.18 bits per heavy atom. The number of hydrogen-bond donors (Lipinski definition) is 1. The predicted molar refractivity (Wildman–Crippen MR) is 105 cm³/mol. The lowest BCUT2D eigenvalue weighted by atomic mass is 10.3. The second-order valence-electron chi connectivity index (χ2n) is 6.15. The number of nitrogens with one attached hydrogen (secondary N) is 1. The maximum absolute atomic E-state index is 9.38. The van der Waals surface area contributed by atoms with Gasteiger partial charge in [-0.1, -0.05) is 23.2 Å². The van der Waals surface area contributed by atoms with Gasteiger partial charge < -0.3 is 23.8 Å². The van der Waals surface area contributed by atoms with Crippen LogP contribution >= 0.6 is 23.2 Å². The fraction of sp³-hybridized carbons (Fsp3) is 0.263. The van der Waals surface area contributed by atoms with Crippen molar-refractivity contribution in [2.75, 3.05) is 31.1 Å². The van der Waals surface area contributed by atoms with Crippen LogP contribution in [0.1, 0.15) is 11.5 Å². The highest BCUT2D eigenvalue weighted by atomic mass is 35.5. The number of rotatable bonds is 5. The molecule has 1 aromatic carbocycles. The van der Waals surface area contributed by atoms with Gasteiger partial charge in [-0.15, -0.1) is 0 Å². The van der Waals surface area contributed by atoms with Gasteiger partial charge in [0.1, 0.15) is 24.2 Å². The molecule has 1 fully saturated rings. The average Bonchev–Trinajstić information content (AvgIpc) is 3.35. The Morgan fingerprint density at radius 3 is 2.75 bits per heavy atom. The molecule has 0 amide bonds. The summed E-state index contributed by atoms with van der Waals surface area (Å²) in [5.41, 5.74) is 0.249. The van der Waals surface area contributed by atoms with E-state index in [1.165, 1.54) is 0 Å². The van der Waals surface area contributed by atoms with Gasteiger partial charge >= 0.3 is 0 Å². The number of aromatic nitrogens is 1. The highest BCUT2D eigenvalue weighted by Crippen LogP contribution is 2.31. The summed E-state index contributed by atoms with van der Waals surface area (Å²) in [4.78, 5) is 6.27. The summed E-state index contributed by atoms with van der Waals surface area (Å²) in [6.45, 7) is 3.34. The van der Waals surface area contributed by atoms with E-state index in [4.69, 9.17) is 36.8 Å². The second-order valence-corrected chi connectivity index (χ2v) is 6.99. The molecule has 1 aliphatic heterocycles. The molecule has 0 saturated carbocycles. The van der Waals surface area contributed by atoms with Crippen molar-refractivity contribution in [1.29, 1.82) is 5.26 Å². The van der Waals surface area contributed by atoms with Crippen LogP contribution in [0.15, 0.2) is 39.2 Å². The normalized spacial score (nSPS) is 14.1. The summed E-state index contributed by atoms with van der Waals surface area (Å²) < 4.78 is 17.3. The van der Waals surface area contributed by atoms with Crippen molar-refractivity contribution in [3.8, 4) is 23.5 Å². The number of hydrogen-bond acceptors (Lipinski definition) is 7. The van der Waals surface area contributed by atoms with Gasteiger partial charge in [0.2, 0.25) is 11.6 Å². The molecule has 1 saturated heterocycles. The Hall–Kier alpha value is -2.66. The molecule has 1 aliphatic rings. The van der Waals surface area contributed by atoms with Crippen LogP contribution in [0.3, 0.4) is 0 Å². The first-order chi connectivity index (χ1) is 13.6. The van der Waals surface area contributed by atoms with Crippen LogP contribution in [0.4, 0.5) is 5.88 Å². The lowest BCUT2D eigenvalue weighted by Crippen LogP contribution is -2.43. The number of furan rings is 1.